The lowest BCUT2D eigenvalue weighted by Crippen LogP contribution is -2.57. The molecule has 110 valence electrons. The zero-order valence-corrected chi connectivity index (χ0v) is 13.3. The molecule has 0 amide bonds. The van der Waals surface area contributed by atoms with E-state index in [0.717, 1.165) is 13.0 Å². The van der Waals surface area contributed by atoms with E-state index in [9.17, 15) is 5.11 Å². The number of benzene rings is 1. The number of hydrogen-bond donors (Lipinski definition) is 1. The van der Waals surface area contributed by atoms with Crippen molar-refractivity contribution in [3.63, 3.8) is 0 Å². The highest BCUT2D eigenvalue weighted by molar-refractivity contribution is 8.00. The highest BCUT2D eigenvalue weighted by Crippen LogP contribution is 2.54. The third-order valence-corrected chi connectivity index (χ3v) is 6.93. The van der Waals surface area contributed by atoms with Crippen molar-refractivity contribution >= 4 is 11.8 Å². The maximum absolute atomic E-state index is 10.4. The first-order valence-corrected chi connectivity index (χ1v) is 8.65. The highest BCUT2D eigenvalue weighted by Gasteiger charge is 2.55. The first-order valence-electron chi connectivity index (χ1n) is 7.77. The van der Waals surface area contributed by atoms with E-state index in [-0.39, 0.29) is 11.5 Å². The Bertz CT molecular complexity index is 452. The Balaban J connectivity index is 1.87. The molecule has 1 heterocycles. The van der Waals surface area contributed by atoms with Crippen LogP contribution in [0.25, 0.3) is 0 Å². The van der Waals surface area contributed by atoms with Crippen LogP contribution < -0.4 is 0 Å². The summed E-state index contributed by atoms with van der Waals surface area (Å²) in [7, 11) is 2.19. The average molecular weight is 291 g/mol. The lowest BCUT2D eigenvalue weighted by Gasteiger charge is -2.50. The molecule has 3 rings (SSSR count). The Hall–Kier alpha value is -0.510. The van der Waals surface area contributed by atoms with Crippen LogP contribution in [0.1, 0.15) is 32.6 Å². The van der Waals surface area contributed by atoms with Crippen LogP contribution in [-0.4, -0.2) is 41.0 Å². The van der Waals surface area contributed by atoms with Gasteiger partial charge in [-0.2, -0.15) is 0 Å². The number of nitrogens with zero attached hydrogens (tertiary/aromatic N) is 1. The summed E-state index contributed by atoms with van der Waals surface area (Å²) in [6, 6.07) is 11.1. The van der Waals surface area contributed by atoms with Crippen LogP contribution in [-0.2, 0) is 0 Å². The highest BCUT2D eigenvalue weighted by atomic mass is 32.2. The van der Waals surface area contributed by atoms with E-state index in [1.165, 1.54) is 24.2 Å². The third-order valence-electron chi connectivity index (χ3n) is 5.40. The van der Waals surface area contributed by atoms with Gasteiger partial charge >= 0.3 is 0 Å². The molecular formula is C17H25NOS. The molecule has 2 fully saturated rings. The van der Waals surface area contributed by atoms with Crippen LogP contribution in [0, 0.1) is 5.41 Å². The van der Waals surface area contributed by atoms with Crippen LogP contribution in [0.15, 0.2) is 35.2 Å². The Morgan fingerprint density at radius 3 is 2.75 bits per heavy atom. The summed E-state index contributed by atoms with van der Waals surface area (Å²) < 4.78 is 0. The van der Waals surface area contributed by atoms with Crippen LogP contribution in [0.4, 0.5) is 0 Å². The van der Waals surface area contributed by atoms with Crippen molar-refractivity contribution in [2.75, 3.05) is 13.6 Å². The minimum atomic E-state index is -0.140. The molecule has 4 atom stereocenters. The van der Waals surface area contributed by atoms with Crippen molar-refractivity contribution in [3.8, 4) is 0 Å². The van der Waals surface area contributed by atoms with Crippen LogP contribution in [0.3, 0.4) is 0 Å². The van der Waals surface area contributed by atoms with Gasteiger partial charge in [-0.25, -0.2) is 0 Å². The Labute approximate surface area is 126 Å². The number of aliphatic hydroxyl groups is 1. The van der Waals surface area contributed by atoms with Crippen molar-refractivity contribution < 1.29 is 5.11 Å². The van der Waals surface area contributed by atoms with Gasteiger partial charge in [0.2, 0.25) is 0 Å². The molecular weight excluding hydrogens is 266 g/mol. The molecule has 0 bridgehead atoms. The number of likely N-dealkylation sites (tertiary alicyclic amines) is 1. The fourth-order valence-electron chi connectivity index (χ4n) is 4.39. The molecule has 0 aromatic heterocycles. The van der Waals surface area contributed by atoms with Gasteiger partial charge in [0.05, 0.1) is 6.10 Å². The van der Waals surface area contributed by atoms with Gasteiger partial charge in [0.25, 0.3) is 0 Å². The van der Waals surface area contributed by atoms with Crippen molar-refractivity contribution in [1.82, 2.24) is 4.90 Å². The molecule has 1 aliphatic carbocycles. The standard InChI is InChI=1S/C17H25NOS/c1-3-17-11-9-14(19)16(17)18(2)12-10-15(17)20-13-7-5-4-6-8-13/h4-8,14-16,19H,3,9-12H2,1-2H3/t14-,15+,16+,17+/m1/s1. The van der Waals surface area contributed by atoms with Gasteiger partial charge in [0.1, 0.15) is 0 Å². The second kappa shape index (κ2) is 5.70. The van der Waals surface area contributed by atoms with Gasteiger partial charge in [-0.3, -0.25) is 0 Å². The van der Waals surface area contributed by atoms with E-state index in [1.54, 1.807) is 0 Å². The van der Waals surface area contributed by atoms with E-state index in [4.69, 9.17) is 0 Å². The molecule has 1 saturated heterocycles. The topological polar surface area (TPSA) is 23.5 Å². The van der Waals surface area contributed by atoms with Gasteiger partial charge in [-0.15, -0.1) is 11.8 Å². The number of aliphatic hydroxyl groups excluding tert-OH is 1. The summed E-state index contributed by atoms with van der Waals surface area (Å²) in [6.07, 6.45) is 4.40. The van der Waals surface area contributed by atoms with Crippen LogP contribution in [0.5, 0.6) is 0 Å². The zero-order valence-electron chi connectivity index (χ0n) is 12.5. The lowest BCUT2D eigenvalue weighted by molar-refractivity contribution is -0.00181. The number of hydrogen-bond acceptors (Lipinski definition) is 3. The first-order chi connectivity index (χ1) is 9.67. The van der Waals surface area contributed by atoms with Crippen LogP contribution in [0.2, 0.25) is 0 Å². The van der Waals surface area contributed by atoms with E-state index in [0.29, 0.717) is 11.3 Å². The van der Waals surface area contributed by atoms with Gasteiger partial charge in [0, 0.05) is 21.6 Å². The minimum absolute atomic E-state index is 0.140. The Morgan fingerprint density at radius 1 is 1.30 bits per heavy atom. The second-order valence-electron chi connectivity index (χ2n) is 6.33. The maximum atomic E-state index is 10.4. The summed E-state index contributed by atoms with van der Waals surface area (Å²) in [5.41, 5.74) is 0.285. The summed E-state index contributed by atoms with van der Waals surface area (Å²) in [4.78, 5) is 3.78. The predicted molar refractivity (Wildman–Crippen MR) is 85.1 cm³/mol. The quantitative estimate of drug-likeness (QED) is 0.923. The smallest absolute Gasteiger partial charge is 0.0701 e. The fourth-order valence-corrected chi connectivity index (χ4v) is 5.91. The molecule has 1 aromatic rings. The number of rotatable bonds is 3. The molecule has 1 saturated carbocycles. The average Bonchev–Trinajstić information content (AvgIpc) is 2.83. The SMILES string of the molecule is CC[C@@]12CC[C@@H](O)[C@@H]1N(C)CC[C@@H]2Sc1ccccc1. The molecule has 2 nitrogen and oxygen atoms in total. The van der Waals surface area contributed by atoms with Gasteiger partial charge in [0.15, 0.2) is 0 Å². The fraction of sp³-hybridized carbons (Fsp3) is 0.647. The summed E-state index contributed by atoms with van der Waals surface area (Å²) in [5.74, 6) is 0. The third kappa shape index (κ3) is 2.30. The van der Waals surface area contributed by atoms with E-state index in [2.05, 4.69) is 49.2 Å². The summed E-state index contributed by atoms with van der Waals surface area (Å²) in [6.45, 7) is 3.41. The van der Waals surface area contributed by atoms with Gasteiger partial charge in [-0.1, -0.05) is 25.1 Å². The van der Waals surface area contributed by atoms with Gasteiger partial charge < -0.3 is 10.0 Å². The molecule has 0 radical (unpaired) electrons. The van der Waals surface area contributed by atoms with Crippen molar-refractivity contribution in [1.29, 1.82) is 0 Å². The molecule has 0 unspecified atom stereocenters. The normalized spacial score (nSPS) is 37.9. The molecule has 1 aromatic carbocycles. The second-order valence-corrected chi connectivity index (χ2v) is 7.60. The maximum Gasteiger partial charge on any atom is 0.0701 e. The summed E-state index contributed by atoms with van der Waals surface area (Å²) >= 11 is 2.03. The first kappa shape index (κ1) is 14.4. The van der Waals surface area contributed by atoms with E-state index in [1.807, 2.05) is 11.8 Å². The summed E-state index contributed by atoms with van der Waals surface area (Å²) in [5, 5.41) is 11.1. The minimum Gasteiger partial charge on any atom is -0.391 e. The molecule has 1 aliphatic heterocycles. The lowest BCUT2D eigenvalue weighted by atomic mass is 9.72. The molecule has 3 heteroatoms. The number of likely N-dealkylation sites (N-methyl/N-ethyl adjacent to an activating group) is 1. The Morgan fingerprint density at radius 2 is 2.05 bits per heavy atom. The number of piperidine rings is 1. The van der Waals surface area contributed by atoms with E-state index < -0.39 is 0 Å². The largest absolute Gasteiger partial charge is 0.391 e. The van der Waals surface area contributed by atoms with Crippen molar-refractivity contribution in [2.45, 2.75) is 54.9 Å². The predicted octanol–water partition coefficient (Wildman–Crippen LogP) is 3.40. The van der Waals surface area contributed by atoms with E-state index >= 15 is 0 Å². The number of fused-ring (bicyclic) bond motifs is 1. The van der Waals surface area contributed by atoms with Crippen molar-refractivity contribution in [2.24, 2.45) is 5.41 Å². The monoisotopic (exact) mass is 291 g/mol. The van der Waals surface area contributed by atoms with Crippen LogP contribution >= 0.6 is 11.8 Å². The number of thioether (sulfide) groups is 1. The molecule has 0 spiro atoms. The Kier molecular flexibility index (Phi) is 4.11. The van der Waals surface area contributed by atoms with Crippen molar-refractivity contribution in [3.05, 3.63) is 30.3 Å². The molecule has 1 N–H and O–H groups in total. The molecule has 2 aliphatic rings. The molecule has 20 heavy (non-hydrogen) atoms. The van der Waals surface area contributed by atoms with Gasteiger partial charge in [-0.05, 0) is 51.4 Å². The zero-order chi connectivity index (χ0) is 14.2.